The molecule has 0 bridgehead atoms. The van der Waals surface area contributed by atoms with Crippen molar-refractivity contribution in [1.82, 2.24) is 4.98 Å². The van der Waals surface area contributed by atoms with Crippen LogP contribution in [0.15, 0.2) is 30.5 Å². The average molecular weight is 321 g/mol. The summed E-state index contributed by atoms with van der Waals surface area (Å²) in [7, 11) is 0. The number of nitriles is 1. The molecule has 0 fully saturated rings. The van der Waals surface area contributed by atoms with Gasteiger partial charge in [-0.2, -0.15) is 18.4 Å². The Morgan fingerprint density at radius 1 is 1.26 bits per heavy atom. The number of hydrogen-bond donors (Lipinski definition) is 1. The topological polar surface area (TPSA) is 48.7 Å². The number of aromatic nitrogens is 1. The molecule has 23 heavy (non-hydrogen) atoms. The van der Waals surface area contributed by atoms with Crippen LogP contribution in [-0.2, 0) is 0 Å². The van der Waals surface area contributed by atoms with E-state index in [4.69, 9.17) is 5.26 Å². The Morgan fingerprint density at radius 2 is 2.00 bits per heavy atom. The van der Waals surface area contributed by atoms with E-state index in [1.165, 1.54) is 6.92 Å². The van der Waals surface area contributed by atoms with E-state index in [2.05, 4.69) is 10.3 Å². The van der Waals surface area contributed by atoms with Crippen molar-refractivity contribution in [1.29, 1.82) is 5.26 Å². The van der Waals surface area contributed by atoms with E-state index >= 15 is 0 Å². The normalized spacial score (nSPS) is 14.3. The number of hydrogen-bond acceptors (Lipinski definition) is 3. The van der Waals surface area contributed by atoms with Gasteiger partial charge in [-0.25, -0.2) is 4.98 Å². The van der Waals surface area contributed by atoms with E-state index in [0.717, 1.165) is 16.5 Å². The second-order valence-electron chi connectivity index (χ2n) is 5.73. The first-order chi connectivity index (χ1) is 10.8. The fourth-order valence-corrected chi connectivity index (χ4v) is 2.39. The van der Waals surface area contributed by atoms with Gasteiger partial charge in [-0.1, -0.05) is 13.8 Å². The summed E-state index contributed by atoms with van der Waals surface area (Å²) in [6.45, 7) is 3.30. The number of alkyl halides is 3. The predicted octanol–water partition coefficient (Wildman–Crippen LogP) is 4.74. The van der Waals surface area contributed by atoms with Gasteiger partial charge in [0, 0.05) is 23.8 Å². The molecule has 0 aliphatic carbocycles. The van der Waals surface area contributed by atoms with Crippen LogP contribution < -0.4 is 5.32 Å². The van der Waals surface area contributed by atoms with Gasteiger partial charge in [0.1, 0.15) is 11.8 Å². The van der Waals surface area contributed by atoms with E-state index in [1.807, 2.05) is 18.2 Å². The van der Waals surface area contributed by atoms with Crippen LogP contribution in [0, 0.1) is 23.2 Å². The molecule has 0 radical (unpaired) electrons. The van der Waals surface area contributed by atoms with Crippen molar-refractivity contribution in [3.63, 3.8) is 0 Å². The molecular formula is C17H18F3N3. The van der Waals surface area contributed by atoms with Crippen molar-refractivity contribution in [2.24, 2.45) is 11.8 Å². The molecule has 0 spiro atoms. The third kappa shape index (κ3) is 4.13. The lowest BCUT2D eigenvalue weighted by molar-refractivity contribution is -0.182. The van der Waals surface area contributed by atoms with Gasteiger partial charge in [0.05, 0.1) is 5.92 Å². The van der Waals surface area contributed by atoms with Crippen LogP contribution in [0.5, 0.6) is 0 Å². The van der Waals surface area contributed by atoms with Gasteiger partial charge in [-0.15, -0.1) is 0 Å². The number of anilines is 1. The third-order valence-corrected chi connectivity index (χ3v) is 4.17. The number of rotatable bonds is 5. The minimum atomic E-state index is -4.15. The van der Waals surface area contributed by atoms with Crippen molar-refractivity contribution >= 4 is 16.5 Å². The molecule has 2 aromatic rings. The van der Waals surface area contributed by atoms with Gasteiger partial charge in [-0.3, -0.25) is 0 Å². The van der Waals surface area contributed by atoms with E-state index in [0.29, 0.717) is 18.7 Å². The fraction of sp³-hybridized carbons (Fsp3) is 0.412. The lowest BCUT2D eigenvalue weighted by atomic mass is 9.92. The summed E-state index contributed by atoms with van der Waals surface area (Å²) in [6.07, 6.45) is -2.15. The highest BCUT2D eigenvalue weighted by Crippen LogP contribution is 2.33. The van der Waals surface area contributed by atoms with Crippen molar-refractivity contribution in [2.45, 2.75) is 26.4 Å². The van der Waals surface area contributed by atoms with Gasteiger partial charge in [0.2, 0.25) is 0 Å². The molecule has 2 atom stereocenters. The zero-order chi connectivity index (χ0) is 17.0. The highest BCUT2D eigenvalue weighted by atomic mass is 19.4. The molecule has 1 N–H and O–H groups in total. The number of halogens is 3. The lowest BCUT2D eigenvalue weighted by Gasteiger charge is -2.22. The second kappa shape index (κ2) is 6.86. The molecule has 0 aliphatic heterocycles. The van der Waals surface area contributed by atoms with Crippen LogP contribution in [0.25, 0.3) is 10.8 Å². The molecule has 0 amide bonds. The summed E-state index contributed by atoms with van der Waals surface area (Å²) in [5.74, 6) is -1.76. The van der Waals surface area contributed by atoms with Crippen LogP contribution in [0.4, 0.5) is 18.9 Å². The third-order valence-electron chi connectivity index (χ3n) is 4.17. The number of pyridine rings is 1. The summed E-state index contributed by atoms with van der Waals surface area (Å²) in [6, 6.07) is 9.31. The van der Waals surface area contributed by atoms with Crippen LogP contribution in [0.2, 0.25) is 0 Å². The first kappa shape index (κ1) is 17.1. The maximum Gasteiger partial charge on any atom is 0.391 e. The first-order valence-corrected chi connectivity index (χ1v) is 7.42. The Kier molecular flexibility index (Phi) is 5.09. The Morgan fingerprint density at radius 3 is 2.65 bits per heavy atom. The summed E-state index contributed by atoms with van der Waals surface area (Å²) in [5, 5.41) is 13.8. The molecule has 6 heteroatoms. The Balaban J connectivity index is 1.99. The Hall–Kier alpha value is -2.29. The predicted molar refractivity (Wildman–Crippen MR) is 83.9 cm³/mol. The number of nitrogens with one attached hydrogen (secondary N) is 1. The number of benzene rings is 1. The van der Waals surface area contributed by atoms with Crippen LogP contribution in [0.1, 0.15) is 26.0 Å². The molecule has 0 saturated heterocycles. The van der Waals surface area contributed by atoms with Gasteiger partial charge < -0.3 is 5.32 Å². The summed E-state index contributed by atoms with van der Waals surface area (Å²) in [5.41, 5.74) is 1.18. The van der Waals surface area contributed by atoms with E-state index in [9.17, 15) is 13.2 Å². The molecule has 0 aliphatic rings. The van der Waals surface area contributed by atoms with Crippen LogP contribution in [0.3, 0.4) is 0 Å². The van der Waals surface area contributed by atoms with Crippen molar-refractivity contribution in [3.8, 4) is 6.07 Å². The summed E-state index contributed by atoms with van der Waals surface area (Å²) >= 11 is 0. The van der Waals surface area contributed by atoms with Crippen molar-refractivity contribution < 1.29 is 13.2 Å². The SMILES string of the molecule is CC(CCNc1ccc2c(C#N)nccc2c1)C(C)C(F)(F)F. The van der Waals surface area contributed by atoms with Crippen LogP contribution in [-0.4, -0.2) is 17.7 Å². The molecule has 1 heterocycles. The van der Waals surface area contributed by atoms with E-state index in [1.54, 1.807) is 25.3 Å². The molecule has 0 saturated carbocycles. The average Bonchev–Trinajstić information content (AvgIpc) is 2.52. The van der Waals surface area contributed by atoms with Gasteiger partial charge in [-0.05, 0) is 42.0 Å². The minimum Gasteiger partial charge on any atom is -0.385 e. The highest BCUT2D eigenvalue weighted by Gasteiger charge is 2.38. The van der Waals surface area contributed by atoms with Gasteiger partial charge >= 0.3 is 6.18 Å². The zero-order valence-corrected chi connectivity index (χ0v) is 13.0. The fourth-order valence-electron chi connectivity index (χ4n) is 2.39. The van der Waals surface area contributed by atoms with Crippen molar-refractivity contribution in [2.75, 3.05) is 11.9 Å². The lowest BCUT2D eigenvalue weighted by Crippen LogP contribution is -2.27. The molecule has 1 aromatic carbocycles. The molecule has 3 nitrogen and oxygen atoms in total. The smallest absolute Gasteiger partial charge is 0.385 e. The Bertz CT molecular complexity index is 719. The maximum absolute atomic E-state index is 12.6. The van der Waals surface area contributed by atoms with E-state index < -0.39 is 18.0 Å². The van der Waals surface area contributed by atoms with Gasteiger partial charge in [0.15, 0.2) is 0 Å². The molecule has 2 rings (SSSR count). The quantitative estimate of drug-likeness (QED) is 0.865. The second-order valence-corrected chi connectivity index (χ2v) is 5.73. The number of nitrogens with zero attached hydrogens (tertiary/aromatic N) is 2. The highest BCUT2D eigenvalue weighted by molar-refractivity contribution is 5.88. The monoisotopic (exact) mass is 321 g/mol. The molecule has 122 valence electrons. The van der Waals surface area contributed by atoms with E-state index in [-0.39, 0.29) is 0 Å². The largest absolute Gasteiger partial charge is 0.391 e. The minimum absolute atomic E-state index is 0.363. The van der Waals surface area contributed by atoms with Crippen LogP contribution >= 0.6 is 0 Å². The zero-order valence-electron chi connectivity index (χ0n) is 13.0. The van der Waals surface area contributed by atoms with Gasteiger partial charge in [0.25, 0.3) is 0 Å². The summed E-state index contributed by atoms with van der Waals surface area (Å²) in [4.78, 5) is 3.99. The number of fused-ring (bicyclic) bond motifs is 1. The maximum atomic E-state index is 12.6. The molecular weight excluding hydrogens is 303 g/mol. The standard InChI is InChI=1S/C17H18F3N3/c1-11(12(2)17(18,19)20)5-7-22-14-3-4-15-13(9-14)6-8-23-16(15)10-21/h3-4,6,8-9,11-12,22H,5,7H2,1-2H3. The molecule has 1 aromatic heterocycles. The van der Waals surface area contributed by atoms with Crippen molar-refractivity contribution in [3.05, 3.63) is 36.2 Å². The summed E-state index contributed by atoms with van der Waals surface area (Å²) < 4.78 is 37.9. The Labute approximate surface area is 133 Å². The first-order valence-electron chi connectivity index (χ1n) is 7.42. The molecule has 2 unspecified atom stereocenters.